The van der Waals surface area contributed by atoms with Crippen LogP contribution in [0.3, 0.4) is 0 Å². The van der Waals surface area contributed by atoms with E-state index in [1.54, 1.807) is 36.4 Å². The summed E-state index contributed by atoms with van der Waals surface area (Å²) in [6.45, 7) is -0.667. The Kier molecular flexibility index (Phi) is 5.05. The number of benzene rings is 1. The van der Waals surface area contributed by atoms with Crippen LogP contribution in [-0.2, 0) is 4.79 Å². The molecule has 1 heterocycles. The molecule has 22 heavy (non-hydrogen) atoms. The maximum Gasteiger partial charge on any atom is 0.250 e. The van der Waals surface area contributed by atoms with Crippen molar-refractivity contribution < 1.29 is 19.8 Å². The number of aromatic hydroxyl groups is 1. The second kappa shape index (κ2) is 7.19. The van der Waals surface area contributed by atoms with Gasteiger partial charge < -0.3 is 15.5 Å². The number of nitrogens with zero attached hydrogens (tertiary/aromatic N) is 1. The Morgan fingerprint density at radius 3 is 2.68 bits per heavy atom. The highest BCUT2D eigenvalue weighted by atomic mass is 16.3. The van der Waals surface area contributed by atoms with Crippen LogP contribution in [0.5, 0.6) is 5.75 Å². The highest BCUT2D eigenvalue weighted by molar-refractivity contribution is 6.04. The number of anilines is 1. The number of hydrogen-bond acceptors (Lipinski definition) is 5. The first-order valence-electron chi connectivity index (χ1n) is 6.53. The molecular weight excluding hydrogens is 286 g/mol. The molecule has 0 bridgehead atoms. The van der Waals surface area contributed by atoms with Gasteiger partial charge in [0.25, 0.3) is 0 Å². The zero-order valence-corrected chi connectivity index (χ0v) is 11.6. The number of aliphatic hydroxyl groups excluding tert-OH is 1. The van der Waals surface area contributed by atoms with Gasteiger partial charge in [0.2, 0.25) is 5.91 Å². The first-order valence-corrected chi connectivity index (χ1v) is 6.53. The van der Waals surface area contributed by atoms with E-state index in [2.05, 4.69) is 15.5 Å². The van der Waals surface area contributed by atoms with Gasteiger partial charge in [-0.2, -0.15) is 5.10 Å². The minimum absolute atomic E-state index is 0.116. The van der Waals surface area contributed by atoms with E-state index in [1.807, 2.05) is 0 Å². The number of Topliss-reactive ketones (excluding diaryl/α,β-unsaturated/α-hetero) is 1. The first kappa shape index (κ1) is 15.5. The van der Waals surface area contributed by atoms with E-state index < -0.39 is 12.5 Å². The summed E-state index contributed by atoms with van der Waals surface area (Å²) in [5.41, 5.74) is 1.27. The van der Waals surface area contributed by atoms with Crippen LogP contribution in [0.25, 0.3) is 6.08 Å². The summed E-state index contributed by atoms with van der Waals surface area (Å²) in [7, 11) is 0. The van der Waals surface area contributed by atoms with Gasteiger partial charge in [-0.25, -0.2) is 0 Å². The maximum atomic E-state index is 12.1. The molecule has 0 atom stereocenters. The second-order valence-electron chi connectivity index (χ2n) is 4.49. The number of amides is 1. The number of phenolic OH excluding ortho intramolecular Hbond substituents is 1. The van der Waals surface area contributed by atoms with Gasteiger partial charge in [0.15, 0.2) is 5.78 Å². The fraction of sp³-hybridized carbons (Fsp3) is 0.133. The van der Waals surface area contributed by atoms with E-state index in [0.717, 1.165) is 5.56 Å². The van der Waals surface area contributed by atoms with Crippen LogP contribution in [0, 0.1) is 0 Å². The SMILES string of the molecule is O=C(CO)Nc1cn[nH]c1C(=O)CC=Cc1ccc(O)cc1. The molecule has 0 radical (unpaired) electrons. The lowest BCUT2D eigenvalue weighted by molar-refractivity contribution is -0.118. The third-order valence-electron chi connectivity index (χ3n) is 2.84. The standard InChI is InChI=1S/C15H15N3O4/c19-9-14(22)17-12-8-16-18-15(12)13(21)3-1-2-10-4-6-11(20)7-5-10/h1-2,4-8,19-20H,3,9H2,(H,16,18)(H,17,22). The van der Waals surface area contributed by atoms with E-state index >= 15 is 0 Å². The minimum Gasteiger partial charge on any atom is -0.508 e. The molecule has 7 nitrogen and oxygen atoms in total. The summed E-state index contributed by atoms with van der Waals surface area (Å²) >= 11 is 0. The second-order valence-corrected chi connectivity index (χ2v) is 4.49. The lowest BCUT2D eigenvalue weighted by atomic mass is 10.1. The van der Waals surface area contributed by atoms with E-state index in [1.165, 1.54) is 6.20 Å². The van der Waals surface area contributed by atoms with Gasteiger partial charge in [-0.3, -0.25) is 14.7 Å². The molecule has 2 rings (SSSR count). The van der Waals surface area contributed by atoms with Crippen LogP contribution in [-0.4, -0.2) is 38.7 Å². The third kappa shape index (κ3) is 4.03. The summed E-state index contributed by atoms with van der Waals surface area (Å²) in [5.74, 6) is -0.689. The normalized spacial score (nSPS) is 10.8. The lowest BCUT2D eigenvalue weighted by Crippen LogP contribution is -2.17. The van der Waals surface area contributed by atoms with Gasteiger partial charge >= 0.3 is 0 Å². The monoisotopic (exact) mass is 301 g/mol. The Morgan fingerprint density at radius 2 is 2.00 bits per heavy atom. The molecule has 0 aliphatic heterocycles. The number of nitrogens with one attached hydrogen (secondary N) is 2. The molecular formula is C15H15N3O4. The highest BCUT2D eigenvalue weighted by Crippen LogP contribution is 2.15. The molecule has 7 heteroatoms. The van der Waals surface area contributed by atoms with Crippen molar-refractivity contribution in [3.63, 3.8) is 0 Å². The zero-order valence-electron chi connectivity index (χ0n) is 11.6. The predicted octanol–water partition coefficient (Wildman–Crippen LogP) is 1.33. The van der Waals surface area contributed by atoms with Gasteiger partial charge in [-0.05, 0) is 17.7 Å². The van der Waals surface area contributed by atoms with Crippen molar-refractivity contribution in [2.45, 2.75) is 6.42 Å². The topological polar surface area (TPSA) is 115 Å². The molecule has 0 saturated carbocycles. The number of aliphatic hydroxyl groups is 1. The van der Waals surface area contributed by atoms with Crippen molar-refractivity contribution in [2.75, 3.05) is 11.9 Å². The van der Waals surface area contributed by atoms with Crippen molar-refractivity contribution >= 4 is 23.5 Å². The first-order chi connectivity index (χ1) is 10.6. The van der Waals surface area contributed by atoms with Crippen LogP contribution in [0.4, 0.5) is 5.69 Å². The molecule has 0 aliphatic rings. The molecule has 0 saturated heterocycles. The summed E-state index contributed by atoms with van der Waals surface area (Å²) < 4.78 is 0. The molecule has 114 valence electrons. The average molecular weight is 301 g/mol. The molecule has 0 unspecified atom stereocenters. The number of ketones is 1. The number of aromatic amines is 1. The van der Waals surface area contributed by atoms with Gasteiger partial charge in [0.05, 0.1) is 11.9 Å². The number of H-pyrrole nitrogens is 1. The Balaban J connectivity index is 1.99. The van der Waals surface area contributed by atoms with Crippen LogP contribution in [0.1, 0.15) is 22.5 Å². The quantitative estimate of drug-likeness (QED) is 0.601. The number of rotatable bonds is 6. The van der Waals surface area contributed by atoms with Crippen LogP contribution >= 0.6 is 0 Å². The number of carbonyl (C=O) groups is 2. The van der Waals surface area contributed by atoms with Crippen molar-refractivity contribution in [1.82, 2.24) is 10.2 Å². The van der Waals surface area contributed by atoms with Crippen LogP contribution in [0.2, 0.25) is 0 Å². The summed E-state index contributed by atoms with van der Waals surface area (Å²) in [6.07, 6.45) is 4.85. The maximum absolute atomic E-state index is 12.1. The van der Waals surface area contributed by atoms with Crippen molar-refractivity contribution in [3.05, 3.63) is 47.8 Å². The Bertz CT molecular complexity index is 689. The lowest BCUT2D eigenvalue weighted by Gasteiger charge is -2.02. The smallest absolute Gasteiger partial charge is 0.250 e. The molecule has 0 aliphatic carbocycles. The Morgan fingerprint density at radius 1 is 1.27 bits per heavy atom. The molecule has 0 spiro atoms. The molecule has 1 aromatic heterocycles. The Hall–Kier alpha value is -2.93. The predicted molar refractivity (Wildman–Crippen MR) is 80.4 cm³/mol. The minimum atomic E-state index is -0.667. The van der Waals surface area contributed by atoms with Crippen molar-refractivity contribution in [1.29, 1.82) is 0 Å². The number of aromatic nitrogens is 2. The number of allylic oxidation sites excluding steroid dienone is 1. The van der Waals surface area contributed by atoms with Gasteiger partial charge in [0, 0.05) is 6.42 Å². The van der Waals surface area contributed by atoms with E-state index in [0.29, 0.717) is 0 Å². The molecule has 1 amide bonds. The average Bonchev–Trinajstić information content (AvgIpc) is 2.97. The molecule has 4 N–H and O–H groups in total. The van der Waals surface area contributed by atoms with Gasteiger partial charge in [-0.15, -0.1) is 0 Å². The fourth-order valence-electron chi connectivity index (χ4n) is 1.77. The highest BCUT2D eigenvalue weighted by Gasteiger charge is 2.14. The van der Waals surface area contributed by atoms with E-state index in [9.17, 15) is 14.7 Å². The molecule has 2 aromatic rings. The summed E-state index contributed by atoms with van der Waals surface area (Å²) in [4.78, 5) is 23.2. The number of phenols is 1. The molecule has 0 fully saturated rings. The van der Waals surface area contributed by atoms with Crippen LogP contribution < -0.4 is 5.32 Å². The number of hydrogen-bond donors (Lipinski definition) is 4. The fourth-order valence-corrected chi connectivity index (χ4v) is 1.77. The summed E-state index contributed by atoms with van der Waals surface area (Å²) in [6, 6.07) is 6.55. The van der Waals surface area contributed by atoms with Crippen molar-refractivity contribution in [2.24, 2.45) is 0 Å². The zero-order chi connectivity index (χ0) is 15.9. The van der Waals surface area contributed by atoms with E-state index in [4.69, 9.17) is 5.11 Å². The van der Waals surface area contributed by atoms with E-state index in [-0.39, 0.29) is 29.3 Å². The molecule has 1 aromatic carbocycles. The van der Waals surface area contributed by atoms with Crippen molar-refractivity contribution in [3.8, 4) is 5.75 Å². The largest absolute Gasteiger partial charge is 0.508 e. The third-order valence-corrected chi connectivity index (χ3v) is 2.84. The van der Waals surface area contributed by atoms with Gasteiger partial charge in [0.1, 0.15) is 18.1 Å². The van der Waals surface area contributed by atoms with Gasteiger partial charge in [-0.1, -0.05) is 24.3 Å². The number of carbonyl (C=O) groups excluding carboxylic acids is 2. The Labute approximate surface area is 126 Å². The summed E-state index contributed by atoms with van der Waals surface area (Å²) in [5, 5.41) is 26.5. The van der Waals surface area contributed by atoms with Crippen LogP contribution in [0.15, 0.2) is 36.5 Å².